The molecule has 5 rings (SSSR count). The summed E-state index contributed by atoms with van der Waals surface area (Å²) in [4.78, 5) is 37.0. The largest absolute Gasteiger partial charge is 0.483 e. The normalized spacial score (nSPS) is 20.4. The second-order valence-corrected chi connectivity index (χ2v) is 12.1. The number of ether oxygens (including phenoxy) is 4. The Kier molecular flexibility index (Phi) is 11.4. The number of hydrogen-bond donors (Lipinski definition) is 3. The number of nitrogens with one attached hydrogen (secondary N) is 2. The predicted octanol–water partition coefficient (Wildman–Crippen LogP) is 4.17. The zero-order valence-electron chi connectivity index (χ0n) is 26.5. The number of aliphatic hydroxyl groups excluding tert-OH is 1. The molecule has 2 amide bonds. The van der Waals surface area contributed by atoms with Gasteiger partial charge in [-0.15, -0.1) is 0 Å². The van der Waals surface area contributed by atoms with Crippen LogP contribution < -0.4 is 15.4 Å². The predicted molar refractivity (Wildman–Crippen MR) is 172 cm³/mol. The van der Waals surface area contributed by atoms with Crippen LogP contribution in [0, 0.1) is 29.9 Å². The van der Waals surface area contributed by atoms with E-state index in [0.717, 1.165) is 17.5 Å². The lowest BCUT2D eigenvalue weighted by atomic mass is 9.93. The molecule has 0 bridgehead atoms. The van der Waals surface area contributed by atoms with Gasteiger partial charge in [-0.05, 0) is 61.8 Å². The van der Waals surface area contributed by atoms with E-state index in [0.29, 0.717) is 36.3 Å². The van der Waals surface area contributed by atoms with Crippen molar-refractivity contribution in [3.8, 4) is 5.75 Å². The third-order valence-electron chi connectivity index (χ3n) is 8.53. The zero-order chi connectivity index (χ0) is 33.3. The fourth-order valence-corrected chi connectivity index (χ4v) is 6.24. The first-order valence-electron chi connectivity index (χ1n) is 15.8. The quantitative estimate of drug-likeness (QED) is 0.173. The highest BCUT2D eigenvalue weighted by Gasteiger charge is 2.44. The molecule has 3 N–H and O–H groups in total. The van der Waals surface area contributed by atoms with Crippen LogP contribution in [0.4, 0.5) is 10.5 Å². The Balaban J connectivity index is 1.27. The Morgan fingerprint density at radius 1 is 0.979 bits per heavy atom. The van der Waals surface area contributed by atoms with E-state index < -0.39 is 41.2 Å². The molecule has 12 heteroatoms. The number of aliphatic hydroxyl groups is 1. The van der Waals surface area contributed by atoms with E-state index >= 15 is 0 Å². The molecule has 6 atom stereocenters. The molecule has 12 nitrogen and oxygen atoms in total. The van der Waals surface area contributed by atoms with E-state index in [-0.39, 0.29) is 37.5 Å². The van der Waals surface area contributed by atoms with Gasteiger partial charge in [0.1, 0.15) is 11.9 Å². The first-order chi connectivity index (χ1) is 22.7. The van der Waals surface area contributed by atoms with Crippen LogP contribution in [0.5, 0.6) is 5.75 Å². The Hall–Kier alpha value is -4.52. The molecule has 0 radical (unpaired) electrons. The average Bonchev–Trinajstić information content (AvgIpc) is 3.66. The standard InChI is InChI=1S/C35H41N3O9/c1-22-15-27(38(42)43)16-23(2)33(22)45-21-32(40)36-26(17-24-9-5-3-6-10-24)19-30(39)29(18-25-11-7-4-8-12-25)37-35(41)47-31-20-46-34-28(31)13-14-44-34/h3-12,15-16,26,28-31,34,39H,13-14,17-21H2,1-2H3,(H,36,40)(H,37,41)/t26-,28-,29-,30-,31?,34+/m0/s1. The van der Waals surface area contributed by atoms with Gasteiger partial charge in [-0.1, -0.05) is 60.7 Å². The van der Waals surface area contributed by atoms with Gasteiger partial charge in [0.15, 0.2) is 12.9 Å². The van der Waals surface area contributed by atoms with E-state index in [9.17, 15) is 24.8 Å². The van der Waals surface area contributed by atoms with Crippen LogP contribution in [0.2, 0.25) is 0 Å². The Labute approximate surface area is 273 Å². The molecule has 2 saturated heterocycles. The molecule has 0 aliphatic carbocycles. The van der Waals surface area contributed by atoms with Crippen molar-refractivity contribution in [3.05, 3.63) is 105 Å². The first kappa shape index (κ1) is 33.8. The molecule has 250 valence electrons. The summed E-state index contributed by atoms with van der Waals surface area (Å²) in [5, 5.41) is 28.7. The van der Waals surface area contributed by atoms with Gasteiger partial charge in [0.05, 0.1) is 36.2 Å². The highest BCUT2D eigenvalue weighted by Crippen LogP contribution is 2.33. The van der Waals surface area contributed by atoms with Crippen LogP contribution in [0.1, 0.15) is 35.1 Å². The smallest absolute Gasteiger partial charge is 0.407 e. The maximum atomic E-state index is 13.2. The topological polar surface area (TPSA) is 158 Å². The number of carbonyl (C=O) groups excluding carboxylic acids is 2. The number of fused-ring (bicyclic) bond motifs is 1. The van der Waals surface area contributed by atoms with Crippen molar-refractivity contribution >= 4 is 17.7 Å². The number of nitrogens with zero attached hydrogens (tertiary/aromatic N) is 1. The average molecular weight is 648 g/mol. The van der Waals surface area contributed by atoms with Gasteiger partial charge in [0.2, 0.25) is 0 Å². The molecule has 2 aliphatic heterocycles. The molecule has 2 fully saturated rings. The number of aryl methyl sites for hydroxylation is 2. The minimum Gasteiger partial charge on any atom is -0.483 e. The number of alkyl carbamates (subject to hydrolysis) is 1. The van der Waals surface area contributed by atoms with Crippen molar-refractivity contribution < 1.29 is 38.6 Å². The summed E-state index contributed by atoms with van der Waals surface area (Å²) in [5.74, 6) is -0.0412. The van der Waals surface area contributed by atoms with Crippen molar-refractivity contribution in [1.29, 1.82) is 0 Å². The molecular weight excluding hydrogens is 606 g/mol. The number of carbonyl (C=O) groups is 2. The Morgan fingerprint density at radius 2 is 1.62 bits per heavy atom. The minimum atomic E-state index is -1.06. The van der Waals surface area contributed by atoms with Crippen molar-refractivity contribution in [2.75, 3.05) is 19.8 Å². The third kappa shape index (κ3) is 9.28. The van der Waals surface area contributed by atoms with Gasteiger partial charge < -0.3 is 34.7 Å². The highest BCUT2D eigenvalue weighted by atomic mass is 16.7. The van der Waals surface area contributed by atoms with E-state index in [1.54, 1.807) is 13.8 Å². The van der Waals surface area contributed by atoms with E-state index in [2.05, 4.69) is 10.6 Å². The van der Waals surface area contributed by atoms with Gasteiger partial charge >= 0.3 is 6.09 Å². The van der Waals surface area contributed by atoms with E-state index in [1.165, 1.54) is 12.1 Å². The van der Waals surface area contributed by atoms with Crippen molar-refractivity contribution in [3.63, 3.8) is 0 Å². The molecule has 0 aromatic heterocycles. The molecule has 3 aromatic rings. The second-order valence-electron chi connectivity index (χ2n) is 12.1. The van der Waals surface area contributed by atoms with Crippen molar-refractivity contribution in [1.82, 2.24) is 10.6 Å². The first-order valence-corrected chi connectivity index (χ1v) is 15.8. The van der Waals surface area contributed by atoms with Gasteiger partial charge in [-0.2, -0.15) is 0 Å². The monoisotopic (exact) mass is 647 g/mol. The molecule has 0 saturated carbocycles. The molecule has 0 spiro atoms. The summed E-state index contributed by atoms with van der Waals surface area (Å²) in [5.41, 5.74) is 2.90. The maximum absolute atomic E-state index is 13.2. The Morgan fingerprint density at radius 3 is 2.26 bits per heavy atom. The minimum absolute atomic E-state index is 0.0236. The number of non-ortho nitro benzene ring substituents is 1. The molecule has 3 aromatic carbocycles. The highest BCUT2D eigenvalue weighted by molar-refractivity contribution is 5.78. The molecule has 1 unspecified atom stereocenters. The molecule has 47 heavy (non-hydrogen) atoms. The summed E-state index contributed by atoms with van der Waals surface area (Å²) >= 11 is 0. The summed E-state index contributed by atoms with van der Waals surface area (Å²) in [6.45, 7) is 3.85. The number of nitro groups is 1. The van der Waals surface area contributed by atoms with E-state index in [4.69, 9.17) is 18.9 Å². The molecule has 2 heterocycles. The second kappa shape index (κ2) is 15.9. The van der Waals surface area contributed by atoms with Crippen molar-refractivity contribution in [2.24, 2.45) is 5.92 Å². The lowest BCUT2D eigenvalue weighted by Crippen LogP contribution is -2.50. The fraction of sp³-hybridized carbons (Fsp3) is 0.429. The zero-order valence-corrected chi connectivity index (χ0v) is 26.5. The number of rotatable bonds is 14. The van der Waals surface area contributed by atoms with Gasteiger partial charge in [-0.25, -0.2) is 4.79 Å². The third-order valence-corrected chi connectivity index (χ3v) is 8.53. The van der Waals surface area contributed by atoms with Crippen LogP contribution in [0.3, 0.4) is 0 Å². The van der Waals surface area contributed by atoms with Crippen LogP contribution in [0.25, 0.3) is 0 Å². The lowest BCUT2D eigenvalue weighted by Gasteiger charge is -2.29. The van der Waals surface area contributed by atoms with Crippen LogP contribution >= 0.6 is 0 Å². The fourth-order valence-electron chi connectivity index (χ4n) is 6.24. The maximum Gasteiger partial charge on any atom is 0.407 e. The number of amides is 2. The number of hydrogen-bond acceptors (Lipinski definition) is 9. The number of nitro benzene ring substituents is 1. The van der Waals surface area contributed by atoms with Gasteiger partial charge in [0, 0.05) is 18.2 Å². The SMILES string of the molecule is Cc1cc([N+](=O)[O-])cc(C)c1OCC(=O)N[C@@H](Cc1ccccc1)C[C@H](O)[C@H](Cc1ccccc1)NC(=O)OC1CO[C@H]2OCC[C@@H]12. The van der Waals surface area contributed by atoms with Crippen molar-refractivity contribution in [2.45, 2.75) is 70.1 Å². The summed E-state index contributed by atoms with van der Waals surface area (Å²) in [6.07, 6.45) is -0.892. The summed E-state index contributed by atoms with van der Waals surface area (Å²) < 4.78 is 22.7. The van der Waals surface area contributed by atoms with Crippen LogP contribution in [-0.4, -0.2) is 72.4 Å². The van der Waals surface area contributed by atoms with Gasteiger partial charge in [0.25, 0.3) is 11.6 Å². The molecular formula is C35H41N3O9. The van der Waals surface area contributed by atoms with Gasteiger partial charge in [-0.3, -0.25) is 14.9 Å². The van der Waals surface area contributed by atoms with Crippen LogP contribution in [-0.2, 0) is 31.8 Å². The van der Waals surface area contributed by atoms with E-state index in [1.807, 2.05) is 60.7 Å². The number of benzene rings is 3. The summed E-state index contributed by atoms with van der Waals surface area (Å²) in [7, 11) is 0. The Bertz CT molecular complexity index is 1500. The summed E-state index contributed by atoms with van der Waals surface area (Å²) in [6, 6.07) is 20.6. The molecule has 2 aliphatic rings. The van der Waals surface area contributed by atoms with Crippen LogP contribution in [0.15, 0.2) is 72.8 Å². The lowest BCUT2D eigenvalue weighted by molar-refractivity contribution is -0.385.